The van der Waals surface area contributed by atoms with Crippen LogP contribution in [0.5, 0.6) is 17.2 Å². The van der Waals surface area contributed by atoms with E-state index < -0.39 is 28.1 Å². The van der Waals surface area contributed by atoms with Crippen molar-refractivity contribution in [3.8, 4) is 17.2 Å². The number of halogens is 3. The first kappa shape index (κ1) is 31.2. The van der Waals surface area contributed by atoms with Crippen LogP contribution in [0.2, 0.25) is 0 Å². The van der Waals surface area contributed by atoms with Crippen molar-refractivity contribution in [1.29, 1.82) is 5.41 Å². The van der Waals surface area contributed by atoms with Crippen LogP contribution in [-0.4, -0.2) is 49.7 Å². The van der Waals surface area contributed by atoms with Gasteiger partial charge in [0.15, 0.2) is 0 Å². The number of amidine groups is 1. The number of nitrogens with two attached hydrogens (primary N) is 1. The Hall–Kier alpha value is -5.31. The second-order valence-electron chi connectivity index (χ2n) is 8.34. The molecule has 0 unspecified atom stereocenters. The van der Waals surface area contributed by atoms with E-state index in [1.807, 2.05) is 0 Å². The Labute approximate surface area is 236 Å². The Morgan fingerprint density at radius 1 is 0.881 bits per heavy atom. The molecule has 0 saturated heterocycles. The molecule has 4 aromatic rings. The van der Waals surface area contributed by atoms with Gasteiger partial charge in [-0.3, -0.25) is 10.1 Å². The molecule has 0 aromatic heterocycles. The topological polar surface area (TPSA) is 189 Å². The summed E-state index contributed by atoms with van der Waals surface area (Å²) >= 11 is 0. The maximum absolute atomic E-state index is 12.7. The lowest BCUT2D eigenvalue weighted by atomic mass is 10.1. The van der Waals surface area contributed by atoms with E-state index in [4.69, 9.17) is 30.5 Å². The summed E-state index contributed by atoms with van der Waals surface area (Å²) in [5.74, 6) is -3.13. The van der Waals surface area contributed by atoms with Gasteiger partial charge in [-0.25, -0.2) is 18.0 Å². The summed E-state index contributed by atoms with van der Waals surface area (Å²) in [6, 6.07) is 20.2. The van der Waals surface area contributed by atoms with Crippen molar-refractivity contribution in [2.45, 2.75) is 11.1 Å². The molecule has 0 radical (unpaired) electrons. The fraction of sp³-hybridized carbons (Fsp3) is 0.0741. The maximum Gasteiger partial charge on any atom is 0.490 e. The number of rotatable bonds is 8. The number of benzene rings is 4. The molecule has 15 heteroatoms. The number of carboxylic acid groups (broad SMARTS) is 2. The van der Waals surface area contributed by atoms with Gasteiger partial charge in [0.1, 0.15) is 28.6 Å². The Bertz CT molecular complexity index is 1760. The number of carboxylic acids is 2. The molecule has 0 fully saturated rings. The number of ether oxygens (including phenoxy) is 2. The fourth-order valence-electron chi connectivity index (χ4n) is 3.40. The zero-order chi connectivity index (χ0) is 31.2. The van der Waals surface area contributed by atoms with Crippen LogP contribution in [-0.2, 0) is 14.8 Å². The van der Waals surface area contributed by atoms with Crippen LogP contribution in [0.25, 0.3) is 10.8 Å². The van der Waals surface area contributed by atoms with Crippen LogP contribution in [0, 0.1) is 5.41 Å². The lowest BCUT2D eigenvalue weighted by molar-refractivity contribution is -0.192. The second kappa shape index (κ2) is 12.5. The average Bonchev–Trinajstić information content (AvgIpc) is 2.93. The third-order valence-corrected chi connectivity index (χ3v) is 6.82. The number of aliphatic carboxylic acids is 1. The van der Waals surface area contributed by atoms with E-state index in [0.29, 0.717) is 17.1 Å². The van der Waals surface area contributed by atoms with E-state index in [2.05, 4.69) is 4.72 Å². The molecule has 11 nitrogen and oxygen atoms in total. The van der Waals surface area contributed by atoms with Crippen molar-refractivity contribution in [3.63, 3.8) is 0 Å². The first-order valence-corrected chi connectivity index (χ1v) is 13.0. The summed E-state index contributed by atoms with van der Waals surface area (Å²) in [5, 5.41) is 26.0. The van der Waals surface area contributed by atoms with Crippen molar-refractivity contribution in [1.82, 2.24) is 0 Å². The summed E-state index contributed by atoms with van der Waals surface area (Å²) in [4.78, 5) is 20.8. The second-order valence-corrected chi connectivity index (χ2v) is 10.0. The van der Waals surface area contributed by atoms with E-state index in [1.54, 1.807) is 36.4 Å². The van der Waals surface area contributed by atoms with Gasteiger partial charge in [0, 0.05) is 11.3 Å². The third kappa shape index (κ3) is 7.88. The number of aromatic carboxylic acids is 1. The van der Waals surface area contributed by atoms with Crippen molar-refractivity contribution in [2.24, 2.45) is 5.73 Å². The molecule has 0 amide bonds. The van der Waals surface area contributed by atoms with Crippen LogP contribution < -0.4 is 19.9 Å². The lowest BCUT2D eigenvalue weighted by Crippen LogP contribution is -2.21. The molecule has 4 aromatic carbocycles. The van der Waals surface area contributed by atoms with Gasteiger partial charge in [-0.1, -0.05) is 18.2 Å². The molecule has 0 atom stereocenters. The predicted octanol–water partition coefficient (Wildman–Crippen LogP) is 5.06. The van der Waals surface area contributed by atoms with Gasteiger partial charge < -0.3 is 25.4 Å². The molecule has 42 heavy (non-hydrogen) atoms. The summed E-state index contributed by atoms with van der Waals surface area (Å²) in [7, 11) is -2.48. The van der Waals surface area contributed by atoms with Gasteiger partial charge in [0.2, 0.25) is 0 Å². The number of sulfonamides is 1. The van der Waals surface area contributed by atoms with Crippen LogP contribution in [0.1, 0.15) is 15.9 Å². The largest absolute Gasteiger partial charge is 0.497 e. The van der Waals surface area contributed by atoms with Gasteiger partial charge in [-0.2, -0.15) is 13.2 Å². The normalized spacial score (nSPS) is 11.1. The van der Waals surface area contributed by atoms with E-state index >= 15 is 0 Å². The smallest absolute Gasteiger partial charge is 0.490 e. The number of methoxy groups -OCH3 is 1. The van der Waals surface area contributed by atoms with Crippen molar-refractivity contribution < 1.29 is 50.9 Å². The highest BCUT2D eigenvalue weighted by Crippen LogP contribution is 2.31. The van der Waals surface area contributed by atoms with Gasteiger partial charge in [-0.15, -0.1) is 0 Å². The monoisotopic (exact) mass is 605 g/mol. The van der Waals surface area contributed by atoms with Crippen molar-refractivity contribution >= 4 is 44.3 Å². The van der Waals surface area contributed by atoms with Gasteiger partial charge in [0.05, 0.1) is 12.0 Å². The number of anilines is 1. The minimum Gasteiger partial charge on any atom is -0.497 e. The number of fused-ring (bicyclic) bond motifs is 1. The molecule has 0 aliphatic heterocycles. The van der Waals surface area contributed by atoms with E-state index in [0.717, 1.165) is 10.8 Å². The molecule has 0 saturated carbocycles. The molecule has 220 valence electrons. The zero-order valence-electron chi connectivity index (χ0n) is 21.5. The quantitative estimate of drug-likeness (QED) is 0.135. The molecule has 0 bridgehead atoms. The number of alkyl halides is 3. The zero-order valence-corrected chi connectivity index (χ0v) is 22.3. The Balaban J connectivity index is 0.000000616. The van der Waals surface area contributed by atoms with Gasteiger partial charge in [-0.05, 0) is 71.4 Å². The van der Waals surface area contributed by atoms with Crippen molar-refractivity contribution in [2.75, 3.05) is 11.8 Å². The van der Waals surface area contributed by atoms with Gasteiger partial charge >= 0.3 is 18.1 Å². The fourth-order valence-corrected chi connectivity index (χ4v) is 4.45. The number of hydrogen-bond donors (Lipinski definition) is 5. The van der Waals surface area contributed by atoms with Crippen LogP contribution >= 0.6 is 0 Å². The van der Waals surface area contributed by atoms with Crippen LogP contribution in [0.4, 0.5) is 18.9 Å². The minimum absolute atomic E-state index is 0.000374. The Morgan fingerprint density at radius 2 is 1.45 bits per heavy atom. The van der Waals surface area contributed by atoms with Crippen LogP contribution in [0.3, 0.4) is 0 Å². The number of nitrogen functional groups attached to an aromatic ring is 1. The third-order valence-electron chi connectivity index (χ3n) is 5.42. The standard InChI is InChI=1S/C25H21N3O6S.C2HF3O2/c1-33-19-7-9-21(10-8-19)35(31,32)28-18-5-11-23(22(14-18)25(29)30)34-20-6-4-15-12-17(24(26)27)3-2-16(15)13-20;3-2(4,5)1(6)7/h2-14,28H,1H3,(H3,26,27)(H,29,30);(H,6,7). The van der Waals surface area contributed by atoms with Crippen molar-refractivity contribution in [3.05, 3.63) is 90.0 Å². The van der Waals surface area contributed by atoms with Gasteiger partial charge in [0.25, 0.3) is 10.0 Å². The SMILES string of the molecule is COc1ccc(S(=O)(=O)Nc2ccc(Oc3ccc4cc(C(=N)N)ccc4c3)c(C(=O)O)c2)cc1.O=C(O)C(F)(F)F. The maximum atomic E-state index is 12.7. The number of carbonyl (C=O) groups is 2. The highest BCUT2D eigenvalue weighted by atomic mass is 32.2. The highest BCUT2D eigenvalue weighted by Gasteiger charge is 2.38. The number of hydrogen-bond acceptors (Lipinski definition) is 7. The molecule has 0 spiro atoms. The number of nitrogens with one attached hydrogen (secondary N) is 2. The molecular formula is C27H22F3N3O8S. The molecule has 0 aliphatic rings. The molecule has 0 heterocycles. The predicted molar refractivity (Wildman–Crippen MR) is 146 cm³/mol. The Kier molecular flexibility index (Phi) is 9.27. The summed E-state index contributed by atoms with van der Waals surface area (Å²) in [6.45, 7) is 0. The molecular weight excluding hydrogens is 583 g/mol. The first-order valence-electron chi connectivity index (χ1n) is 11.5. The molecule has 0 aliphatic carbocycles. The summed E-state index contributed by atoms with van der Waals surface area (Å²) < 4.78 is 70.4. The van der Waals surface area contributed by atoms with E-state index in [-0.39, 0.29) is 27.7 Å². The lowest BCUT2D eigenvalue weighted by Gasteiger charge is -2.13. The summed E-state index contributed by atoms with van der Waals surface area (Å²) in [5.41, 5.74) is 5.98. The Morgan fingerprint density at radius 3 is 2.00 bits per heavy atom. The molecule has 6 N–H and O–H groups in total. The molecule has 4 rings (SSSR count). The van der Waals surface area contributed by atoms with E-state index in [9.17, 15) is 31.5 Å². The summed E-state index contributed by atoms with van der Waals surface area (Å²) in [6.07, 6.45) is -5.08. The van der Waals surface area contributed by atoms with Crippen LogP contribution in [0.15, 0.2) is 83.8 Å². The van der Waals surface area contributed by atoms with E-state index in [1.165, 1.54) is 49.6 Å². The first-order chi connectivity index (χ1) is 19.6. The minimum atomic E-state index is -5.08. The highest BCUT2D eigenvalue weighted by molar-refractivity contribution is 7.92. The average molecular weight is 606 g/mol.